The fourth-order valence-corrected chi connectivity index (χ4v) is 2.79. The van der Waals surface area contributed by atoms with Crippen LogP contribution in [0.1, 0.15) is 27.2 Å². The zero-order valence-corrected chi connectivity index (χ0v) is 10.8. The van der Waals surface area contributed by atoms with Gasteiger partial charge in [0.2, 0.25) is 0 Å². The van der Waals surface area contributed by atoms with Crippen LogP contribution < -0.4 is 5.32 Å². The van der Waals surface area contributed by atoms with Crippen LogP contribution in [0.4, 0.5) is 0 Å². The van der Waals surface area contributed by atoms with Crippen molar-refractivity contribution >= 4 is 11.8 Å². The topological polar surface area (TPSA) is 41.5 Å². The van der Waals surface area contributed by atoms with Gasteiger partial charge in [-0.2, -0.15) is 11.8 Å². The Bertz CT molecular complexity index is 181. The monoisotopic (exact) mass is 233 g/mol. The average molecular weight is 233 g/mol. The molecule has 0 spiro atoms. The van der Waals surface area contributed by atoms with E-state index in [0.29, 0.717) is 19.2 Å². The lowest BCUT2D eigenvalue weighted by Gasteiger charge is -2.24. The molecule has 0 bridgehead atoms. The minimum atomic E-state index is -0.489. The molecule has 0 aromatic heterocycles. The summed E-state index contributed by atoms with van der Waals surface area (Å²) in [6.07, 6.45) is 1.18. The second-order valence-electron chi connectivity index (χ2n) is 4.69. The SMILES string of the molecule is CC(C)OC[C@@H](C)NC[C@]1(O)CCSC1. The quantitative estimate of drug-likeness (QED) is 0.725. The van der Waals surface area contributed by atoms with Crippen LogP contribution >= 0.6 is 11.8 Å². The number of hydrogen-bond donors (Lipinski definition) is 2. The molecule has 1 aliphatic heterocycles. The molecule has 1 fully saturated rings. The number of aliphatic hydroxyl groups is 1. The standard InChI is InChI=1S/C11H23NO2S/c1-9(2)14-6-10(3)12-7-11(13)4-5-15-8-11/h9-10,12-13H,4-8H2,1-3H3/t10-,11-/m1/s1. The van der Waals surface area contributed by atoms with Gasteiger partial charge in [-0.1, -0.05) is 0 Å². The predicted molar refractivity (Wildman–Crippen MR) is 65.4 cm³/mol. The van der Waals surface area contributed by atoms with Gasteiger partial charge < -0.3 is 15.2 Å². The Morgan fingerprint density at radius 3 is 2.73 bits per heavy atom. The maximum atomic E-state index is 10.1. The van der Waals surface area contributed by atoms with Crippen molar-refractivity contribution in [2.45, 2.75) is 44.9 Å². The molecule has 4 heteroatoms. The van der Waals surface area contributed by atoms with Gasteiger partial charge in [0.05, 0.1) is 18.3 Å². The summed E-state index contributed by atoms with van der Waals surface area (Å²) in [5.41, 5.74) is -0.489. The zero-order valence-electron chi connectivity index (χ0n) is 9.95. The Balaban J connectivity index is 2.13. The molecule has 15 heavy (non-hydrogen) atoms. The predicted octanol–water partition coefficient (Wildman–Crippen LogP) is 1.26. The number of hydrogen-bond acceptors (Lipinski definition) is 4. The first-order chi connectivity index (χ1) is 7.02. The molecule has 2 N–H and O–H groups in total. The van der Waals surface area contributed by atoms with E-state index in [1.165, 1.54) is 0 Å². The molecule has 0 radical (unpaired) electrons. The van der Waals surface area contributed by atoms with Gasteiger partial charge in [0.15, 0.2) is 0 Å². The zero-order chi connectivity index (χ0) is 11.3. The van der Waals surface area contributed by atoms with Gasteiger partial charge in [-0.3, -0.25) is 0 Å². The molecule has 0 amide bonds. The van der Waals surface area contributed by atoms with Gasteiger partial charge >= 0.3 is 0 Å². The summed E-state index contributed by atoms with van der Waals surface area (Å²) < 4.78 is 5.50. The van der Waals surface area contributed by atoms with E-state index in [9.17, 15) is 5.11 Å². The molecule has 0 aromatic rings. The van der Waals surface area contributed by atoms with Crippen LogP contribution in [0.2, 0.25) is 0 Å². The Kier molecular flexibility index (Phi) is 5.39. The molecule has 90 valence electrons. The summed E-state index contributed by atoms with van der Waals surface area (Å²) in [6, 6.07) is 0.307. The van der Waals surface area contributed by atoms with Crippen molar-refractivity contribution in [1.82, 2.24) is 5.32 Å². The van der Waals surface area contributed by atoms with Gasteiger partial charge in [0.25, 0.3) is 0 Å². The molecule has 2 atom stereocenters. The molecular weight excluding hydrogens is 210 g/mol. The average Bonchev–Trinajstić information content (AvgIpc) is 2.60. The molecule has 0 unspecified atom stereocenters. The third-order valence-corrected chi connectivity index (χ3v) is 3.78. The lowest BCUT2D eigenvalue weighted by atomic mass is 10.0. The third kappa shape index (κ3) is 5.20. The molecule has 1 saturated heterocycles. The van der Waals surface area contributed by atoms with Crippen molar-refractivity contribution in [3.05, 3.63) is 0 Å². The summed E-state index contributed by atoms with van der Waals surface area (Å²) >= 11 is 1.83. The van der Waals surface area contributed by atoms with Gasteiger partial charge in [-0.25, -0.2) is 0 Å². The summed E-state index contributed by atoms with van der Waals surface area (Å²) in [5, 5.41) is 13.4. The minimum absolute atomic E-state index is 0.277. The number of ether oxygens (including phenoxy) is 1. The first-order valence-electron chi connectivity index (χ1n) is 5.67. The molecule has 0 aliphatic carbocycles. The van der Waals surface area contributed by atoms with E-state index in [1.807, 2.05) is 25.6 Å². The normalized spacial score (nSPS) is 28.6. The fraction of sp³-hybridized carbons (Fsp3) is 1.00. The van der Waals surface area contributed by atoms with Gasteiger partial charge in [0, 0.05) is 18.3 Å². The van der Waals surface area contributed by atoms with Crippen LogP contribution in [-0.4, -0.2) is 47.5 Å². The Hall–Kier alpha value is 0.230. The maximum absolute atomic E-state index is 10.1. The lowest BCUT2D eigenvalue weighted by Crippen LogP contribution is -2.45. The summed E-state index contributed by atoms with van der Waals surface area (Å²) in [4.78, 5) is 0. The van der Waals surface area contributed by atoms with E-state index >= 15 is 0 Å². The number of thioether (sulfide) groups is 1. The molecular formula is C11H23NO2S. The first-order valence-corrected chi connectivity index (χ1v) is 6.82. The third-order valence-electron chi connectivity index (χ3n) is 2.54. The van der Waals surface area contributed by atoms with Gasteiger partial charge in [-0.05, 0) is 32.9 Å². The maximum Gasteiger partial charge on any atom is 0.0869 e. The smallest absolute Gasteiger partial charge is 0.0869 e. The number of nitrogens with one attached hydrogen (secondary N) is 1. The highest BCUT2D eigenvalue weighted by Crippen LogP contribution is 2.26. The summed E-state index contributed by atoms with van der Waals surface area (Å²) in [6.45, 7) is 7.55. The Morgan fingerprint density at radius 1 is 1.47 bits per heavy atom. The minimum Gasteiger partial charge on any atom is -0.388 e. The van der Waals surface area contributed by atoms with Crippen LogP contribution in [0.15, 0.2) is 0 Å². The largest absolute Gasteiger partial charge is 0.388 e. The molecule has 0 aromatic carbocycles. The van der Waals surface area contributed by atoms with Crippen molar-refractivity contribution in [2.75, 3.05) is 24.7 Å². The van der Waals surface area contributed by atoms with Gasteiger partial charge in [-0.15, -0.1) is 0 Å². The number of rotatable bonds is 6. The van der Waals surface area contributed by atoms with Crippen molar-refractivity contribution in [2.24, 2.45) is 0 Å². The van der Waals surface area contributed by atoms with Crippen LogP contribution in [0, 0.1) is 0 Å². The molecule has 0 saturated carbocycles. The van der Waals surface area contributed by atoms with E-state index in [2.05, 4.69) is 12.2 Å². The van der Waals surface area contributed by atoms with Crippen molar-refractivity contribution in [3.63, 3.8) is 0 Å². The van der Waals surface area contributed by atoms with Crippen molar-refractivity contribution < 1.29 is 9.84 Å². The molecule has 1 rings (SSSR count). The summed E-state index contributed by atoms with van der Waals surface area (Å²) in [5.74, 6) is 1.94. The van der Waals surface area contributed by atoms with E-state index in [4.69, 9.17) is 4.74 Å². The van der Waals surface area contributed by atoms with Crippen molar-refractivity contribution in [1.29, 1.82) is 0 Å². The fourth-order valence-electron chi connectivity index (χ4n) is 1.50. The molecule has 1 heterocycles. The highest BCUT2D eigenvalue weighted by Gasteiger charge is 2.31. The highest BCUT2D eigenvalue weighted by molar-refractivity contribution is 7.99. The highest BCUT2D eigenvalue weighted by atomic mass is 32.2. The second kappa shape index (κ2) is 6.09. The van der Waals surface area contributed by atoms with Gasteiger partial charge in [0.1, 0.15) is 0 Å². The molecule has 1 aliphatic rings. The molecule has 3 nitrogen and oxygen atoms in total. The Labute approximate surface area is 97.0 Å². The van der Waals surface area contributed by atoms with E-state index < -0.39 is 5.60 Å². The van der Waals surface area contributed by atoms with E-state index in [1.54, 1.807) is 0 Å². The van der Waals surface area contributed by atoms with Crippen LogP contribution in [0.5, 0.6) is 0 Å². The van der Waals surface area contributed by atoms with E-state index in [0.717, 1.165) is 17.9 Å². The van der Waals surface area contributed by atoms with Crippen molar-refractivity contribution in [3.8, 4) is 0 Å². The van der Waals surface area contributed by atoms with Crippen LogP contribution in [0.25, 0.3) is 0 Å². The van der Waals surface area contributed by atoms with E-state index in [-0.39, 0.29) is 6.10 Å². The summed E-state index contributed by atoms with van der Waals surface area (Å²) in [7, 11) is 0. The van der Waals surface area contributed by atoms with Crippen LogP contribution in [-0.2, 0) is 4.74 Å². The Morgan fingerprint density at radius 2 is 2.20 bits per heavy atom. The van der Waals surface area contributed by atoms with Crippen LogP contribution in [0.3, 0.4) is 0 Å². The lowest BCUT2D eigenvalue weighted by molar-refractivity contribution is 0.0428. The second-order valence-corrected chi connectivity index (χ2v) is 5.80. The first kappa shape index (κ1) is 13.3.